The van der Waals surface area contributed by atoms with Gasteiger partial charge in [-0.05, 0) is 12.1 Å². The lowest BCUT2D eigenvalue weighted by molar-refractivity contribution is -0.140. The number of hydrogen-bond acceptors (Lipinski definition) is 5. The van der Waals surface area contributed by atoms with E-state index < -0.39 is 22.5 Å². The maximum Gasteiger partial charge on any atom is 0.321 e. The lowest BCUT2D eigenvalue weighted by Gasteiger charge is -2.16. The first kappa shape index (κ1) is 14.2. The van der Waals surface area contributed by atoms with E-state index in [0.717, 1.165) is 4.31 Å². The van der Waals surface area contributed by atoms with Crippen LogP contribution in [0.3, 0.4) is 0 Å². The quantitative estimate of drug-likeness (QED) is 0.735. The minimum absolute atomic E-state index is 0.0363. The molecule has 7 heteroatoms. The third-order valence-electron chi connectivity index (χ3n) is 2.28. The Hall–Kier alpha value is -1.91. The fourth-order valence-corrected chi connectivity index (χ4v) is 2.54. The molecule has 1 aromatic carbocycles. The zero-order chi connectivity index (χ0) is 13.8. The van der Waals surface area contributed by atoms with Crippen LogP contribution in [-0.2, 0) is 19.6 Å². The average molecular weight is 268 g/mol. The van der Waals surface area contributed by atoms with Crippen LogP contribution in [0.5, 0.6) is 0 Å². The van der Waals surface area contributed by atoms with Gasteiger partial charge in [-0.25, -0.2) is 8.42 Å². The lowest BCUT2D eigenvalue weighted by Crippen LogP contribution is -2.33. The number of nitriles is 1. The number of ether oxygens (including phenoxy) is 1. The summed E-state index contributed by atoms with van der Waals surface area (Å²) in [5.41, 5.74) is 0.0363. The fraction of sp³-hybridized carbons (Fsp3) is 0.273. The number of methoxy groups -OCH3 is 1. The molecule has 6 nitrogen and oxygen atoms in total. The van der Waals surface area contributed by atoms with Gasteiger partial charge in [0.1, 0.15) is 12.6 Å². The summed E-state index contributed by atoms with van der Waals surface area (Å²) in [6.45, 7) is -0.404. The Morgan fingerprint density at radius 1 is 1.44 bits per heavy atom. The molecule has 1 rings (SSSR count). The van der Waals surface area contributed by atoms with E-state index in [1.54, 1.807) is 12.1 Å². The van der Waals surface area contributed by atoms with Crippen molar-refractivity contribution in [2.75, 3.05) is 20.7 Å². The van der Waals surface area contributed by atoms with Crippen LogP contribution in [0.1, 0.15) is 5.56 Å². The van der Waals surface area contributed by atoms with Crippen LogP contribution in [0.25, 0.3) is 0 Å². The molecule has 0 bridgehead atoms. The van der Waals surface area contributed by atoms with Crippen molar-refractivity contribution in [1.82, 2.24) is 4.31 Å². The number of likely N-dealkylation sites (N-methyl/N-ethyl adjacent to an activating group) is 1. The predicted molar refractivity (Wildman–Crippen MR) is 63.0 cm³/mol. The summed E-state index contributed by atoms with van der Waals surface area (Å²) >= 11 is 0. The second-order valence-electron chi connectivity index (χ2n) is 3.45. The predicted octanol–water partition coefficient (Wildman–Crippen LogP) is 0.352. The molecule has 0 atom stereocenters. The monoisotopic (exact) mass is 268 g/mol. The van der Waals surface area contributed by atoms with Crippen molar-refractivity contribution in [3.63, 3.8) is 0 Å². The largest absolute Gasteiger partial charge is 0.468 e. The Labute approximate surface area is 105 Å². The maximum absolute atomic E-state index is 12.1. The van der Waals surface area contributed by atoms with Crippen molar-refractivity contribution in [3.8, 4) is 6.07 Å². The number of esters is 1. The van der Waals surface area contributed by atoms with Gasteiger partial charge in [0.2, 0.25) is 10.0 Å². The smallest absolute Gasteiger partial charge is 0.321 e. The second-order valence-corrected chi connectivity index (χ2v) is 5.46. The number of carbonyl (C=O) groups excluding carboxylic acids is 1. The molecule has 0 amide bonds. The van der Waals surface area contributed by atoms with Crippen molar-refractivity contribution in [3.05, 3.63) is 29.8 Å². The highest BCUT2D eigenvalue weighted by atomic mass is 32.2. The Morgan fingerprint density at radius 2 is 2.06 bits per heavy atom. The normalized spacial score (nSPS) is 11.0. The molecule has 0 spiro atoms. The van der Waals surface area contributed by atoms with Gasteiger partial charge in [0, 0.05) is 7.05 Å². The van der Waals surface area contributed by atoms with E-state index in [-0.39, 0.29) is 10.5 Å². The van der Waals surface area contributed by atoms with Crippen LogP contribution in [0.15, 0.2) is 29.2 Å². The Balaban J connectivity index is 3.14. The van der Waals surface area contributed by atoms with Crippen LogP contribution in [0.2, 0.25) is 0 Å². The van der Waals surface area contributed by atoms with Crippen LogP contribution >= 0.6 is 0 Å². The summed E-state index contributed by atoms with van der Waals surface area (Å²) in [7, 11) is -1.45. The minimum Gasteiger partial charge on any atom is -0.468 e. The molecule has 0 saturated carbocycles. The molecule has 0 aliphatic carbocycles. The van der Waals surface area contributed by atoms with Gasteiger partial charge in [0.15, 0.2) is 0 Å². The standard InChI is InChI=1S/C11H12N2O4S/c1-13(8-11(14)17-2)18(15,16)10-6-4-3-5-9(10)7-12/h3-6H,8H2,1-2H3. The van der Waals surface area contributed by atoms with Crippen LogP contribution < -0.4 is 0 Å². The molecule has 0 unspecified atom stereocenters. The van der Waals surface area contributed by atoms with E-state index in [1.807, 2.05) is 0 Å². The van der Waals surface area contributed by atoms with Gasteiger partial charge in [-0.1, -0.05) is 12.1 Å². The molecule has 0 radical (unpaired) electrons. The lowest BCUT2D eigenvalue weighted by atomic mass is 10.2. The molecular formula is C11H12N2O4S. The summed E-state index contributed by atoms with van der Waals surface area (Å²) in [6.07, 6.45) is 0. The first-order chi connectivity index (χ1) is 8.43. The molecule has 0 aliphatic heterocycles. The van der Waals surface area contributed by atoms with E-state index in [0.29, 0.717) is 0 Å². The van der Waals surface area contributed by atoms with Crippen molar-refractivity contribution in [2.24, 2.45) is 0 Å². The van der Waals surface area contributed by atoms with Crippen molar-refractivity contribution >= 4 is 16.0 Å². The van der Waals surface area contributed by atoms with E-state index in [9.17, 15) is 13.2 Å². The molecular weight excluding hydrogens is 256 g/mol. The van der Waals surface area contributed by atoms with Gasteiger partial charge < -0.3 is 4.74 Å². The van der Waals surface area contributed by atoms with Crippen molar-refractivity contribution in [1.29, 1.82) is 5.26 Å². The highest BCUT2D eigenvalue weighted by molar-refractivity contribution is 7.89. The number of rotatable bonds is 4. The molecule has 0 aliphatic rings. The molecule has 0 N–H and O–H groups in total. The number of benzene rings is 1. The Kier molecular flexibility index (Phi) is 4.42. The first-order valence-corrected chi connectivity index (χ1v) is 6.39. The van der Waals surface area contributed by atoms with E-state index in [4.69, 9.17) is 5.26 Å². The van der Waals surface area contributed by atoms with Crippen LogP contribution in [0, 0.1) is 11.3 Å². The molecule has 0 heterocycles. The van der Waals surface area contributed by atoms with E-state index in [1.165, 1.54) is 32.4 Å². The van der Waals surface area contributed by atoms with Crippen LogP contribution in [-0.4, -0.2) is 39.4 Å². The second kappa shape index (κ2) is 5.62. The molecule has 0 aromatic heterocycles. The van der Waals surface area contributed by atoms with Gasteiger partial charge in [-0.15, -0.1) is 0 Å². The SMILES string of the molecule is COC(=O)CN(C)S(=O)(=O)c1ccccc1C#N. The highest BCUT2D eigenvalue weighted by Gasteiger charge is 2.25. The molecule has 1 aromatic rings. The summed E-state index contributed by atoms with van der Waals surface area (Å²) in [5.74, 6) is -0.671. The molecule has 0 fully saturated rings. The van der Waals surface area contributed by atoms with Crippen LogP contribution in [0.4, 0.5) is 0 Å². The zero-order valence-corrected chi connectivity index (χ0v) is 10.8. The number of sulfonamides is 1. The molecule has 0 saturated heterocycles. The van der Waals surface area contributed by atoms with Gasteiger partial charge in [-0.2, -0.15) is 9.57 Å². The highest BCUT2D eigenvalue weighted by Crippen LogP contribution is 2.18. The van der Waals surface area contributed by atoms with Gasteiger partial charge in [0.05, 0.1) is 17.6 Å². The van der Waals surface area contributed by atoms with Crippen molar-refractivity contribution < 1.29 is 17.9 Å². The third-order valence-corrected chi connectivity index (χ3v) is 4.14. The summed E-state index contributed by atoms with van der Waals surface area (Å²) in [5, 5.41) is 8.87. The maximum atomic E-state index is 12.1. The van der Waals surface area contributed by atoms with Gasteiger partial charge in [0.25, 0.3) is 0 Å². The zero-order valence-electron chi connectivity index (χ0n) is 9.95. The third kappa shape index (κ3) is 2.85. The number of hydrogen-bond donors (Lipinski definition) is 0. The Morgan fingerprint density at radius 3 is 2.61 bits per heavy atom. The fourth-order valence-electron chi connectivity index (χ4n) is 1.28. The molecule has 96 valence electrons. The molecule has 18 heavy (non-hydrogen) atoms. The average Bonchev–Trinajstić information content (AvgIpc) is 2.38. The van der Waals surface area contributed by atoms with Gasteiger partial charge >= 0.3 is 5.97 Å². The topological polar surface area (TPSA) is 87.5 Å². The summed E-state index contributed by atoms with van der Waals surface area (Å²) < 4.78 is 29.5. The summed E-state index contributed by atoms with van der Waals surface area (Å²) in [4.78, 5) is 10.9. The number of nitrogens with zero attached hydrogens (tertiary/aromatic N) is 2. The van der Waals surface area contributed by atoms with E-state index >= 15 is 0 Å². The first-order valence-electron chi connectivity index (χ1n) is 4.95. The minimum atomic E-state index is -3.88. The Bertz CT molecular complexity index is 589. The summed E-state index contributed by atoms with van der Waals surface area (Å²) in [6, 6.07) is 7.61. The number of carbonyl (C=O) groups is 1. The van der Waals surface area contributed by atoms with E-state index in [2.05, 4.69) is 4.74 Å². The van der Waals surface area contributed by atoms with Crippen molar-refractivity contribution in [2.45, 2.75) is 4.90 Å². The van der Waals surface area contributed by atoms with Gasteiger partial charge in [-0.3, -0.25) is 4.79 Å².